The Kier molecular flexibility index (Phi) is 4.96. The molecule has 0 spiro atoms. The standard InChI is InChI=1S/C10H18N4O.ClH/c1-10(2,3)8(11)9(15)13-7-5-12-14(4)6-7;/h5-6,8H,11H2,1-4H3,(H,13,15);1H/t8-;/m1./s1. The Morgan fingerprint density at radius 1 is 1.56 bits per heavy atom. The maximum absolute atomic E-state index is 11.7. The lowest BCUT2D eigenvalue weighted by atomic mass is 9.87. The van der Waals surface area contributed by atoms with Crippen molar-refractivity contribution in [3.63, 3.8) is 0 Å². The second kappa shape index (κ2) is 5.32. The highest BCUT2D eigenvalue weighted by Crippen LogP contribution is 2.18. The Morgan fingerprint density at radius 3 is 2.50 bits per heavy atom. The number of hydrogen-bond donors (Lipinski definition) is 2. The zero-order chi connectivity index (χ0) is 11.6. The van der Waals surface area contributed by atoms with E-state index in [-0.39, 0.29) is 23.7 Å². The van der Waals surface area contributed by atoms with Crippen LogP contribution < -0.4 is 11.1 Å². The first-order valence-electron chi connectivity index (χ1n) is 4.86. The minimum atomic E-state index is -0.530. The number of nitrogens with zero attached hydrogens (tertiary/aromatic N) is 2. The number of nitrogens with two attached hydrogens (primary N) is 1. The third-order valence-electron chi connectivity index (χ3n) is 2.19. The SMILES string of the molecule is Cl.Cn1cc(NC(=O)[C@@H](N)C(C)(C)C)cn1. The van der Waals surface area contributed by atoms with Gasteiger partial charge < -0.3 is 11.1 Å². The topological polar surface area (TPSA) is 72.9 Å². The molecule has 92 valence electrons. The van der Waals surface area contributed by atoms with Crippen molar-refractivity contribution in [2.24, 2.45) is 18.2 Å². The quantitative estimate of drug-likeness (QED) is 0.822. The van der Waals surface area contributed by atoms with Crippen LogP contribution in [0.2, 0.25) is 0 Å². The van der Waals surface area contributed by atoms with Crippen LogP contribution in [-0.2, 0) is 11.8 Å². The Hall–Kier alpha value is -1.07. The number of amides is 1. The number of hydrogen-bond acceptors (Lipinski definition) is 3. The van der Waals surface area contributed by atoms with Gasteiger partial charge in [-0.15, -0.1) is 12.4 Å². The van der Waals surface area contributed by atoms with Gasteiger partial charge >= 0.3 is 0 Å². The van der Waals surface area contributed by atoms with E-state index < -0.39 is 6.04 Å². The van der Waals surface area contributed by atoms with Crippen molar-refractivity contribution < 1.29 is 4.79 Å². The number of nitrogens with one attached hydrogen (secondary N) is 1. The van der Waals surface area contributed by atoms with Gasteiger partial charge in [0.1, 0.15) is 0 Å². The molecular formula is C10H19ClN4O. The molecule has 0 bridgehead atoms. The van der Waals surface area contributed by atoms with Crippen molar-refractivity contribution >= 4 is 24.0 Å². The summed E-state index contributed by atoms with van der Waals surface area (Å²) in [6, 6.07) is -0.530. The predicted molar refractivity (Wildman–Crippen MR) is 66.5 cm³/mol. The van der Waals surface area contributed by atoms with Crippen molar-refractivity contribution in [2.45, 2.75) is 26.8 Å². The normalized spacial score (nSPS) is 12.8. The van der Waals surface area contributed by atoms with E-state index in [2.05, 4.69) is 10.4 Å². The highest BCUT2D eigenvalue weighted by Gasteiger charge is 2.27. The van der Waals surface area contributed by atoms with E-state index >= 15 is 0 Å². The molecular weight excluding hydrogens is 228 g/mol. The van der Waals surface area contributed by atoms with Gasteiger partial charge in [-0.25, -0.2) is 0 Å². The number of anilines is 1. The van der Waals surface area contributed by atoms with Crippen LogP contribution in [0.1, 0.15) is 20.8 Å². The average Bonchev–Trinajstić information content (AvgIpc) is 2.48. The van der Waals surface area contributed by atoms with Gasteiger partial charge in [-0.05, 0) is 5.41 Å². The van der Waals surface area contributed by atoms with Gasteiger partial charge in [0, 0.05) is 13.2 Å². The highest BCUT2D eigenvalue weighted by molar-refractivity contribution is 5.94. The smallest absolute Gasteiger partial charge is 0.241 e. The average molecular weight is 247 g/mol. The van der Waals surface area contributed by atoms with Crippen molar-refractivity contribution in [1.82, 2.24) is 9.78 Å². The summed E-state index contributed by atoms with van der Waals surface area (Å²) in [5.74, 6) is -0.185. The van der Waals surface area contributed by atoms with Crippen molar-refractivity contribution in [1.29, 1.82) is 0 Å². The molecule has 6 heteroatoms. The Morgan fingerprint density at radius 2 is 2.12 bits per heavy atom. The third-order valence-corrected chi connectivity index (χ3v) is 2.19. The zero-order valence-electron chi connectivity index (χ0n) is 10.0. The number of carbonyl (C=O) groups excluding carboxylic acids is 1. The van der Waals surface area contributed by atoms with Crippen LogP contribution in [-0.4, -0.2) is 21.7 Å². The van der Waals surface area contributed by atoms with Crippen LogP contribution >= 0.6 is 12.4 Å². The molecule has 1 heterocycles. The maximum Gasteiger partial charge on any atom is 0.241 e. The molecule has 1 amide bonds. The molecule has 0 fully saturated rings. The molecule has 0 aliphatic rings. The van der Waals surface area contributed by atoms with Crippen molar-refractivity contribution in [2.75, 3.05) is 5.32 Å². The molecule has 16 heavy (non-hydrogen) atoms. The molecule has 1 aromatic rings. The second-order valence-electron chi connectivity index (χ2n) is 4.74. The fraction of sp³-hybridized carbons (Fsp3) is 0.600. The van der Waals surface area contributed by atoms with Crippen LogP contribution in [0.3, 0.4) is 0 Å². The van der Waals surface area contributed by atoms with Crippen LogP contribution in [0.25, 0.3) is 0 Å². The first-order chi connectivity index (χ1) is 6.80. The molecule has 1 atom stereocenters. The van der Waals surface area contributed by atoms with Crippen LogP contribution in [0.4, 0.5) is 5.69 Å². The lowest BCUT2D eigenvalue weighted by Crippen LogP contribution is -2.45. The van der Waals surface area contributed by atoms with E-state index in [0.717, 1.165) is 0 Å². The number of aromatic nitrogens is 2. The molecule has 0 unspecified atom stereocenters. The second-order valence-corrected chi connectivity index (χ2v) is 4.74. The zero-order valence-corrected chi connectivity index (χ0v) is 10.8. The molecule has 1 aromatic heterocycles. The van der Waals surface area contributed by atoms with Gasteiger partial charge in [-0.3, -0.25) is 9.48 Å². The maximum atomic E-state index is 11.7. The minimum Gasteiger partial charge on any atom is -0.322 e. The summed E-state index contributed by atoms with van der Waals surface area (Å²) in [7, 11) is 1.79. The number of halogens is 1. The largest absolute Gasteiger partial charge is 0.322 e. The monoisotopic (exact) mass is 246 g/mol. The van der Waals surface area contributed by atoms with E-state index in [4.69, 9.17) is 5.73 Å². The van der Waals surface area contributed by atoms with Crippen LogP contribution in [0.5, 0.6) is 0 Å². The molecule has 0 aliphatic heterocycles. The summed E-state index contributed by atoms with van der Waals surface area (Å²) in [6.45, 7) is 5.79. The van der Waals surface area contributed by atoms with E-state index in [0.29, 0.717) is 5.69 Å². The molecule has 0 aromatic carbocycles. The first-order valence-corrected chi connectivity index (χ1v) is 4.86. The van der Waals surface area contributed by atoms with Gasteiger partial charge in [-0.1, -0.05) is 20.8 Å². The molecule has 1 rings (SSSR count). The Bertz CT molecular complexity index is 356. The van der Waals surface area contributed by atoms with Gasteiger partial charge in [0.15, 0.2) is 0 Å². The number of rotatable bonds is 2. The molecule has 5 nitrogen and oxygen atoms in total. The summed E-state index contributed by atoms with van der Waals surface area (Å²) in [4.78, 5) is 11.7. The highest BCUT2D eigenvalue weighted by atomic mass is 35.5. The molecule has 0 radical (unpaired) electrons. The molecule has 0 saturated carbocycles. The van der Waals surface area contributed by atoms with Crippen molar-refractivity contribution in [3.8, 4) is 0 Å². The predicted octanol–water partition coefficient (Wildman–Crippen LogP) is 1.15. The van der Waals surface area contributed by atoms with Crippen molar-refractivity contribution in [3.05, 3.63) is 12.4 Å². The first kappa shape index (κ1) is 14.9. The lowest BCUT2D eigenvalue weighted by Gasteiger charge is -2.25. The lowest BCUT2D eigenvalue weighted by molar-refractivity contribution is -0.119. The number of carbonyl (C=O) groups is 1. The van der Waals surface area contributed by atoms with E-state index in [1.54, 1.807) is 24.1 Å². The molecule has 0 aliphatic carbocycles. The van der Waals surface area contributed by atoms with E-state index in [9.17, 15) is 4.79 Å². The summed E-state index contributed by atoms with van der Waals surface area (Å²) in [5.41, 5.74) is 6.23. The fourth-order valence-corrected chi connectivity index (χ4v) is 1.10. The summed E-state index contributed by atoms with van der Waals surface area (Å²) < 4.78 is 1.62. The minimum absolute atomic E-state index is 0. The van der Waals surface area contributed by atoms with Crippen LogP contribution in [0, 0.1) is 5.41 Å². The van der Waals surface area contributed by atoms with Gasteiger partial charge in [-0.2, -0.15) is 5.10 Å². The van der Waals surface area contributed by atoms with Gasteiger partial charge in [0.05, 0.1) is 17.9 Å². The molecule has 3 N–H and O–H groups in total. The fourth-order valence-electron chi connectivity index (χ4n) is 1.10. The Balaban J connectivity index is 0.00000225. The van der Waals surface area contributed by atoms with Crippen LogP contribution in [0.15, 0.2) is 12.4 Å². The summed E-state index contributed by atoms with van der Waals surface area (Å²) >= 11 is 0. The van der Waals surface area contributed by atoms with E-state index in [1.165, 1.54) is 0 Å². The summed E-state index contributed by atoms with van der Waals surface area (Å²) in [6.07, 6.45) is 3.32. The van der Waals surface area contributed by atoms with Gasteiger partial charge in [0.2, 0.25) is 5.91 Å². The summed E-state index contributed by atoms with van der Waals surface area (Å²) in [5, 5.41) is 6.67. The number of aryl methyl sites for hydroxylation is 1. The van der Waals surface area contributed by atoms with E-state index in [1.807, 2.05) is 20.8 Å². The molecule has 0 saturated heterocycles. The third kappa shape index (κ3) is 3.83. The van der Waals surface area contributed by atoms with Gasteiger partial charge in [0.25, 0.3) is 0 Å². The Labute approximate surface area is 102 Å².